The minimum absolute atomic E-state index is 0.152. The molecule has 0 fully saturated rings. The van der Waals surface area contributed by atoms with Crippen molar-refractivity contribution in [3.8, 4) is 11.3 Å². The van der Waals surface area contributed by atoms with E-state index < -0.39 is 0 Å². The van der Waals surface area contributed by atoms with Crippen molar-refractivity contribution in [2.75, 3.05) is 24.3 Å². The number of hydrogen-bond acceptors (Lipinski definition) is 4. The zero-order chi connectivity index (χ0) is 18.7. The van der Waals surface area contributed by atoms with Gasteiger partial charge in [0.15, 0.2) is 0 Å². The first kappa shape index (κ1) is 17.9. The van der Waals surface area contributed by atoms with E-state index in [1.54, 1.807) is 6.33 Å². The zero-order valence-corrected chi connectivity index (χ0v) is 16.1. The Morgan fingerprint density at radius 1 is 0.846 bits per heavy atom. The number of nitrogens with zero attached hydrogens (tertiary/aromatic N) is 3. The quantitative estimate of drug-likeness (QED) is 0.700. The molecule has 0 atom stereocenters. The molecule has 1 N–H and O–H groups in total. The molecule has 0 unspecified atom stereocenters. The van der Waals surface area contributed by atoms with Crippen molar-refractivity contribution in [1.29, 1.82) is 0 Å². The van der Waals surface area contributed by atoms with Crippen LogP contribution >= 0.6 is 0 Å². The topological polar surface area (TPSA) is 41.0 Å². The van der Waals surface area contributed by atoms with Crippen LogP contribution in [0.25, 0.3) is 11.3 Å². The standard InChI is InChI=1S/C22H26N4/c1-22(2,3)17-8-10-18(11-9-17)25-21-14-20(23-15-24-21)16-6-12-19(13-7-16)26(4)5/h6-15H,1-5H3,(H,23,24,25). The zero-order valence-electron chi connectivity index (χ0n) is 16.1. The second kappa shape index (κ2) is 7.16. The average Bonchev–Trinajstić information content (AvgIpc) is 2.62. The molecule has 0 bridgehead atoms. The molecule has 4 heteroatoms. The molecule has 0 aliphatic carbocycles. The van der Waals surface area contributed by atoms with E-state index in [2.05, 4.69) is 89.5 Å². The first-order chi connectivity index (χ1) is 12.3. The Bertz CT molecular complexity index is 860. The van der Waals surface area contributed by atoms with E-state index in [1.807, 2.05) is 20.2 Å². The number of hydrogen-bond donors (Lipinski definition) is 1. The molecule has 134 valence electrons. The predicted octanol–water partition coefficient (Wildman–Crippen LogP) is 5.25. The summed E-state index contributed by atoms with van der Waals surface area (Å²) in [5, 5.41) is 3.36. The molecule has 3 rings (SSSR count). The second-order valence-electron chi connectivity index (χ2n) is 7.68. The highest BCUT2D eigenvalue weighted by atomic mass is 15.1. The van der Waals surface area contributed by atoms with Gasteiger partial charge < -0.3 is 10.2 Å². The van der Waals surface area contributed by atoms with Crippen molar-refractivity contribution in [3.63, 3.8) is 0 Å². The molecule has 4 nitrogen and oxygen atoms in total. The number of anilines is 3. The fraction of sp³-hybridized carbons (Fsp3) is 0.273. The smallest absolute Gasteiger partial charge is 0.134 e. The van der Waals surface area contributed by atoms with Crippen LogP contribution < -0.4 is 10.2 Å². The second-order valence-corrected chi connectivity index (χ2v) is 7.68. The van der Waals surface area contributed by atoms with E-state index in [1.165, 1.54) is 11.3 Å². The SMILES string of the molecule is CN(C)c1ccc(-c2cc(Nc3ccc(C(C)(C)C)cc3)ncn2)cc1. The third-order valence-corrected chi connectivity index (χ3v) is 4.37. The van der Waals surface area contributed by atoms with E-state index in [4.69, 9.17) is 0 Å². The van der Waals surface area contributed by atoms with Gasteiger partial charge in [-0.05, 0) is 35.2 Å². The van der Waals surface area contributed by atoms with Crippen LogP contribution in [0.4, 0.5) is 17.2 Å². The van der Waals surface area contributed by atoms with E-state index in [-0.39, 0.29) is 5.41 Å². The molecule has 0 saturated heterocycles. The van der Waals surface area contributed by atoms with Gasteiger partial charge in [0.2, 0.25) is 0 Å². The number of aromatic nitrogens is 2. The third-order valence-electron chi connectivity index (χ3n) is 4.37. The average molecular weight is 346 g/mol. The lowest BCUT2D eigenvalue weighted by Gasteiger charge is -2.19. The molecule has 0 spiro atoms. The van der Waals surface area contributed by atoms with Crippen molar-refractivity contribution < 1.29 is 0 Å². The highest BCUT2D eigenvalue weighted by molar-refractivity contribution is 5.67. The fourth-order valence-corrected chi connectivity index (χ4v) is 2.72. The van der Waals surface area contributed by atoms with Gasteiger partial charge in [0, 0.05) is 37.1 Å². The van der Waals surface area contributed by atoms with Gasteiger partial charge in [-0.1, -0.05) is 45.0 Å². The lowest BCUT2D eigenvalue weighted by atomic mass is 9.87. The molecule has 0 amide bonds. The van der Waals surface area contributed by atoms with Gasteiger partial charge in [-0.2, -0.15) is 0 Å². The summed E-state index contributed by atoms with van der Waals surface area (Å²) in [5.74, 6) is 0.787. The summed E-state index contributed by atoms with van der Waals surface area (Å²) in [6.07, 6.45) is 1.60. The maximum Gasteiger partial charge on any atom is 0.134 e. The molecule has 3 aromatic rings. The van der Waals surface area contributed by atoms with Crippen LogP contribution in [0.3, 0.4) is 0 Å². The van der Waals surface area contributed by atoms with Crippen molar-refractivity contribution in [2.24, 2.45) is 0 Å². The summed E-state index contributed by atoms with van der Waals surface area (Å²) in [6.45, 7) is 6.65. The molecule has 0 aliphatic rings. The molecule has 2 aromatic carbocycles. The van der Waals surface area contributed by atoms with Crippen molar-refractivity contribution >= 4 is 17.2 Å². The van der Waals surface area contributed by atoms with E-state index in [0.717, 1.165) is 22.8 Å². The van der Waals surface area contributed by atoms with E-state index in [0.29, 0.717) is 0 Å². The van der Waals surface area contributed by atoms with Crippen molar-refractivity contribution in [1.82, 2.24) is 9.97 Å². The molecular formula is C22H26N4. The summed E-state index contributed by atoms with van der Waals surface area (Å²) in [4.78, 5) is 10.8. The maximum absolute atomic E-state index is 4.41. The highest BCUT2D eigenvalue weighted by Crippen LogP contribution is 2.26. The van der Waals surface area contributed by atoms with Crippen LogP contribution in [0.1, 0.15) is 26.3 Å². The Labute approximate surface area is 155 Å². The normalized spacial score (nSPS) is 11.3. The fourth-order valence-electron chi connectivity index (χ4n) is 2.72. The van der Waals surface area contributed by atoms with Gasteiger partial charge in [0.25, 0.3) is 0 Å². The van der Waals surface area contributed by atoms with Gasteiger partial charge in [-0.3, -0.25) is 0 Å². The summed E-state index contributed by atoms with van der Waals surface area (Å²) in [7, 11) is 4.07. The summed E-state index contributed by atoms with van der Waals surface area (Å²) in [5.41, 5.74) is 5.63. The Balaban J connectivity index is 1.79. The van der Waals surface area contributed by atoms with Crippen molar-refractivity contribution in [2.45, 2.75) is 26.2 Å². The van der Waals surface area contributed by atoms with Gasteiger partial charge >= 0.3 is 0 Å². The summed E-state index contributed by atoms with van der Waals surface area (Å²) < 4.78 is 0. The van der Waals surface area contributed by atoms with Crippen LogP contribution in [-0.2, 0) is 5.41 Å². The van der Waals surface area contributed by atoms with E-state index in [9.17, 15) is 0 Å². The summed E-state index contributed by atoms with van der Waals surface area (Å²) in [6, 6.07) is 18.8. The monoisotopic (exact) mass is 346 g/mol. The molecular weight excluding hydrogens is 320 g/mol. The maximum atomic E-state index is 4.41. The Kier molecular flexibility index (Phi) is 4.94. The van der Waals surface area contributed by atoms with Crippen LogP contribution in [-0.4, -0.2) is 24.1 Å². The van der Waals surface area contributed by atoms with Crippen LogP contribution in [0.5, 0.6) is 0 Å². The minimum Gasteiger partial charge on any atom is -0.378 e. The number of nitrogens with one attached hydrogen (secondary N) is 1. The molecule has 1 aromatic heterocycles. The molecule has 0 saturated carbocycles. The van der Waals surface area contributed by atoms with Gasteiger partial charge in [-0.15, -0.1) is 0 Å². The lowest BCUT2D eigenvalue weighted by molar-refractivity contribution is 0.590. The minimum atomic E-state index is 0.152. The largest absolute Gasteiger partial charge is 0.378 e. The van der Waals surface area contributed by atoms with Crippen LogP contribution in [0.2, 0.25) is 0 Å². The van der Waals surface area contributed by atoms with Crippen LogP contribution in [0, 0.1) is 0 Å². The lowest BCUT2D eigenvalue weighted by Crippen LogP contribution is -2.10. The molecule has 0 aliphatic heterocycles. The molecule has 0 radical (unpaired) electrons. The molecule has 26 heavy (non-hydrogen) atoms. The number of benzene rings is 2. The highest BCUT2D eigenvalue weighted by Gasteiger charge is 2.13. The van der Waals surface area contributed by atoms with Crippen molar-refractivity contribution in [3.05, 3.63) is 66.5 Å². The first-order valence-corrected chi connectivity index (χ1v) is 8.80. The predicted molar refractivity (Wildman–Crippen MR) is 110 cm³/mol. The van der Waals surface area contributed by atoms with Gasteiger partial charge in [0.1, 0.15) is 12.1 Å². The Hall–Kier alpha value is -2.88. The van der Waals surface area contributed by atoms with Gasteiger partial charge in [0.05, 0.1) is 5.69 Å². The Morgan fingerprint density at radius 2 is 1.50 bits per heavy atom. The van der Waals surface area contributed by atoms with Gasteiger partial charge in [-0.25, -0.2) is 9.97 Å². The summed E-state index contributed by atoms with van der Waals surface area (Å²) >= 11 is 0. The number of rotatable bonds is 4. The Morgan fingerprint density at radius 3 is 2.08 bits per heavy atom. The van der Waals surface area contributed by atoms with E-state index >= 15 is 0 Å². The molecule has 1 heterocycles. The third kappa shape index (κ3) is 4.20. The first-order valence-electron chi connectivity index (χ1n) is 8.80. The van der Waals surface area contributed by atoms with Crippen LogP contribution in [0.15, 0.2) is 60.9 Å².